The topological polar surface area (TPSA) is 55.1 Å². The second kappa shape index (κ2) is 7.48. The van der Waals surface area contributed by atoms with Crippen molar-refractivity contribution in [1.82, 2.24) is 5.32 Å². The molecule has 0 unspecified atom stereocenters. The van der Waals surface area contributed by atoms with Crippen LogP contribution in [-0.4, -0.2) is 19.0 Å². The maximum Gasteiger partial charge on any atom is 0.227 e. The Kier molecular flexibility index (Phi) is 6.60. The number of nitrogens with two attached hydrogens (primary N) is 1. The van der Waals surface area contributed by atoms with Crippen LogP contribution in [0.4, 0.5) is 0 Å². The molecule has 1 aromatic rings. The number of halogens is 2. The first kappa shape index (κ1) is 16.8. The molecule has 0 bridgehead atoms. The van der Waals surface area contributed by atoms with Crippen LogP contribution in [0.15, 0.2) is 12.1 Å². The Bertz CT molecular complexity index is 417. The number of hydrogen-bond donors (Lipinski definition) is 2. The molecule has 1 aromatic heterocycles. The molecule has 0 spiro atoms. The van der Waals surface area contributed by atoms with Gasteiger partial charge < -0.3 is 11.1 Å². The van der Waals surface area contributed by atoms with Gasteiger partial charge >= 0.3 is 0 Å². The summed E-state index contributed by atoms with van der Waals surface area (Å²) >= 11 is 7.43. The summed E-state index contributed by atoms with van der Waals surface area (Å²) in [6.07, 6.45) is 4.93. The lowest BCUT2D eigenvalue weighted by Crippen LogP contribution is -2.44. The van der Waals surface area contributed by atoms with Crippen molar-refractivity contribution in [2.45, 2.75) is 32.1 Å². The molecular formula is C13H20Cl2N2OS. The van der Waals surface area contributed by atoms with Gasteiger partial charge in [0.2, 0.25) is 5.91 Å². The van der Waals surface area contributed by atoms with Gasteiger partial charge in [0, 0.05) is 18.0 Å². The van der Waals surface area contributed by atoms with E-state index in [4.69, 9.17) is 17.3 Å². The fourth-order valence-electron chi connectivity index (χ4n) is 2.55. The Morgan fingerprint density at radius 3 is 2.63 bits per heavy atom. The molecule has 1 heterocycles. The molecule has 0 saturated heterocycles. The molecule has 108 valence electrons. The zero-order valence-corrected chi connectivity index (χ0v) is 13.2. The van der Waals surface area contributed by atoms with Crippen LogP contribution in [0.3, 0.4) is 0 Å². The summed E-state index contributed by atoms with van der Waals surface area (Å²) in [5.74, 6) is 0.130. The molecule has 1 saturated carbocycles. The minimum atomic E-state index is -0.299. The molecule has 1 aliphatic carbocycles. The monoisotopic (exact) mass is 322 g/mol. The third-order valence-corrected chi connectivity index (χ3v) is 5.01. The third kappa shape index (κ3) is 4.09. The van der Waals surface area contributed by atoms with E-state index in [1.54, 1.807) is 11.3 Å². The lowest BCUT2D eigenvalue weighted by Gasteiger charge is -2.25. The van der Waals surface area contributed by atoms with Crippen molar-refractivity contribution in [2.75, 3.05) is 13.1 Å². The molecule has 3 nitrogen and oxygen atoms in total. The number of rotatable bonds is 5. The summed E-state index contributed by atoms with van der Waals surface area (Å²) in [6.45, 7) is 1.13. The van der Waals surface area contributed by atoms with Gasteiger partial charge in [-0.2, -0.15) is 0 Å². The lowest BCUT2D eigenvalue weighted by molar-refractivity contribution is -0.130. The van der Waals surface area contributed by atoms with Crippen LogP contribution in [-0.2, 0) is 11.2 Å². The highest BCUT2D eigenvalue weighted by atomic mass is 35.5. The van der Waals surface area contributed by atoms with E-state index in [-0.39, 0.29) is 23.7 Å². The smallest absolute Gasteiger partial charge is 0.227 e. The first-order chi connectivity index (χ1) is 8.66. The molecule has 0 radical (unpaired) electrons. The van der Waals surface area contributed by atoms with E-state index in [0.717, 1.165) is 36.4 Å². The average molecular weight is 323 g/mol. The van der Waals surface area contributed by atoms with Crippen molar-refractivity contribution in [3.8, 4) is 0 Å². The summed E-state index contributed by atoms with van der Waals surface area (Å²) < 4.78 is 0.797. The molecule has 19 heavy (non-hydrogen) atoms. The van der Waals surface area contributed by atoms with Crippen LogP contribution in [0.1, 0.15) is 30.6 Å². The lowest BCUT2D eigenvalue weighted by atomic mass is 9.85. The number of carbonyl (C=O) groups excluding carboxylic acids is 1. The van der Waals surface area contributed by atoms with Gasteiger partial charge in [-0.25, -0.2) is 0 Å². The minimum absolute atomic E-state index is 0. The van der Waals surface area contributed by atoms with Crippen molar-refractivity contribution in [3.63, 3.8) is 0 Å². The number of hydrogen-bond acceptors (Lipinski definition) is 3. The molecule has 3 N–H and O–H groups in total. The van der Waals surface area contributed by atoms with Crippen molar-refractivity contribution in [1.29, 1.82) is 0 Å². The predicted octanol–water partition coefficient (Wildman–Crippen LogP) is 3.00. The van der Waals surface area contributed by atoms with E-state index < -0.39 is 0 Å². The Morgan fingerprint density at radius 2 is 2.11 bits per heavy atom. The van der Waals surface area contributed by atoms with Crippen molar-refractivity contribution in [2.24, 2.45) is 11.1 Å². The predicted molar refractivity (Wildman–Crippen MR) is 83.2 cm³/mol. The van der Waals surface area contributed by atoms with Crippen LogP contribution >= 0.6 is 35.3 Å². The van der Waals surface area contributed by atoms with E-state index in [1.807, 2.05) is 12.1 Å². The first-order valence-corrected chi connectivity index (χ1v) is 7.58. The molecule has 6 heteroatoms. The van der Waals surface area contributed by atoms with Crippen LogP contribution in [0.5, 0.6) is 0 Å². The Hall–Kier alpha value is -0.290. The largest absolute Gasteiger partial charge is 0.355 e. The van der Waals surface area contributed by atoms with Gasteiger partial charge in [-0.3, -0.25) is 4.79 Å². The van der Waals surface area contributed by atoms with Gasteiger partial charge in [0.15, 0.2) is 0 Å². The SMILES string of the molecule is Cl.NCC1(C(=O)NCCc2ccc(Cl)s2)CCCC1. The second-order valence-corrected chi connectivity index (χ2v) is 6.70. The second-order valence-electron chi connectivity index (χ2n) is 4.90. The highest BCUT2D eigenvalue weighted by Crippen LogP contribution is 2.37. The average Bonchev–Trinajstić information content (AvgIpc) is 2.99. The normalized spacial score (nSPS) is 16.9. The van der Waals surface area contributed by atoms with Gasteiger partial charge in [-0.1, -0.05) is 24.4 Å². The van der Waals surface area contributed by atoms with Gasteiger partial charge in [0.25, 0.3) is 0 Å². The van der Waals surface area contributed by atoms with Gasteiger partial charge in [0.05, 0.1) is 9.75 Å². The molecule has 1 amide bonds. The Balaban J connectivity index is 0.00000180. The fraction of sp³-hybridized carbons (Fsp3) is 0.615. The summed E-state index contributed by atoms with van der Waals surface area (Å²) in [4.78, 5) is 13.4. The minimum Gasteiger partial charge on any atom is -0.355 e. The van der Waals surface area contributed by atoms with Crippen LogP contribution in [0.25, 0.3) is 0 Å². The quantitative estimate of drug-likeness (QED) is 0.875. The molecule has 0 aromatic carbocycles. The Labute approximate surface area is 129 Å². The molecule has 0 aliphatic heterocycles. The van der Waals surface area contributed by atoms with E-state index in [1.165, 1.54) is 4.88 Å². The Morgan fingerprint density at radius 1 is 1.42 bits per heavy atom. The molecular weight excluding hydrogens is 303 g/mol. The van der Waals surface area contributed by atoms with E-state index in [2.05, 4.69) is 5.32 Å². The van der Waals surface area contributed by atoms with Crippen molar-refractivity contribution in [3.05, 3.63) is 21.3 Å². The zero-order chi connectivity index (χ0) is 13.0. The van der Waals surface area contributed by atoms with Crippen LogP contribution in [0.2, 0.25) is 4.34 Å². The van der Waals surface area contributed by atoms with Gasteiger partial charge in [-0.15, -0.1) is 23.7 Å². The first-order valence-electron chi connectivity index (χ1n) is 6.39. The molecule has 0 atom stereocenters. The zero-order valence-electron chi connectivity index (χ0n) is 10.8. The van der Waals surface area contributed by atoms with Crippen molar-refractivity contribution >= 4 is 41.3 Å². The maximum absolute atomic E-state index is 12.2. The highest BCUT2D eigenvalue weighted by Gasteiger charge is 2.39. The number of amides is 1. The molecule has 1 aliphatic rings. The fourth-order valence-corrected chi connectivity index (χ4v) is 3.64. The van der Waals surface area contributed by atoms with E-state index >= 15 is 0 Å². The van der Waals surface area contributed by atoms with Crippen LogP contribution < -0.4 is 11.1 Å². The standard InChI is InChI=1S/C13H19ClN2OS.ClH/c14-11-4-3-10(18-11)5-8-16-12(17)13(9-15)6-1-2-7-13;/h3-4H,1-2,5-9,15H2,(H,16,17);1H. The number of thiophene rings is 1. The third-order valence-electron chi connectivity index (χ3n) is 3.72. The summed E-state index contributed by atoms with van der Waals surface area (Å²) in [7, 11) is 0. The summed E-state index contributed by atoms with van der Waals surface area (Å²) in [5.41, 5.74) is 5.48. The molecule has 1 fully saturated rings. The van der Waals surface area contributed by atoms with E-state index in [9.17, 15) is 4.79 Å². The number of carbonyl (C=O) groups is 1. The van der Waals surface area contributed by atoms with Crippen LogP contribution in [0, 0.1) is 5.41 Å². The summed E-state index contributed by atoms with van der Waals surface area (Å²) in [6, 6.07) is 3.90. The molecule has 2 rings (SSSR count). The van der Waals surface area contributed by atoms with E-state index in [0.29, 0.717) is 13.1 Å². The number of nitrogens with one attached hydrogen (secondary N) is 1. The highest BCUT2D eigenvalue weighted by molar-refractivity contribution is 7.16. The summed E-state index contributed by atoms with van der Waals surface area (Å²) in [5, 5.41) is 3.02. The van der Waals surface area contributed by atoms with Gasteiger partial charge in [0.1, 0.15) is 0 Å². The maximum atomic E-state index is 12.2. The van der Waals surface area contributed by atoms with Crippen molar-refractivity contribution < 1.29 is 4.79 Å². The van der Waals surface area contributed by atoms with Gasteiger partial charge in [-0.05, 0) is 31.4 Å².